The predicted molar refractivity (Wildman–Crippen MR) is 87.5 cm³/mol. The molecule has 0 unspecified atom stereocenters. The number of hydrogen-bond donors (Lipinski definition) is 1. The van der Waals surface area contributed by atoms with Gasteiger partial charge in [-0.3, -0.25) is 10.1 Å². The van der Waals surface area contributed by atoms with Gasteiger partial charge in [0.05, 0.1) is 28.7 Å². The molecule has 0 aliphatic carbocycles. The second-order valence-corrected chi connectivity index (χ2v) is 4.87. The van der Waals surface area contributed by atoms with Gasteiger partial charge in [0, 0.05) is 23.9 Å². The molecule has 0 spiro atoms. The van der Waals surface area contributed by atoms with Crippen LogP contribution in [0.15, 0.2) is 42.5 Å². The standard InChI is InChI=1S/C17H15N3O4/c1-2-24-17(21)13-6-7-14(16(9-13)20(22)23)11-19-15-5-3-4-12(8-15)10-18/h3-9,19H,2,11H2,1H3. The van der Waals surface area contributed by atoms with Crippen molar-refractivity contribution in [2.75, 3.05) is 11.9 Å². The summed E-state index contributed by atoms with van der Waals surface area (Å²) < 4.78 is 4.85. The molecule has 0 saturated heterocycles. The monoisotopic (exact) mass is 325 g/mol. The highest BCUT2D eigenvalue weighted by Crippen LogP contribution is 2.22. The first-order valence-electron chi connectivity index (χ1n) is 7.23. The van der Waals surface area contributed by atoms with Gasteiger partial charge < -0.3 is 10.1 Å². The summed E-state index contributed by atoms with van der Waals surface area (Å²) in [4.78, 5) is 22.4. The molecule has 2 rings (SSSR count). The minimum absolute atomic E-state index is 0.138. The molecule has 0 saturated carbocycles. The molecule has 0 amide bonds. The van der Waals surface area contributed by atoms with Crippen molar-refractivity contribution in [3.8, 4) is 6.07 Å². The molecular weight excluding hydrogens is 310 g/mol. The predicted octanol–water partition coefficient (Wildman–Crippen LogP) is 3.26. The fourth-order valence-corrected chi connectivity index (χ4v) is 2.12. The van der Waals surface area contributed by atoms with Crippen molar-refractivity contribution >= 4 is 17.3 Å². The lowest BCUT2D eigenvalue weighted by Crippen LogP contribution is -2.08. The summed E-state index contributed by atoms with van der Waals surface area (Å²) in [5.41, 5.74) is 1.57. The van der Waals surface area contributed by atoms with Crippen molar-refractivity contribution in [2.24, 2.45) is 0 Å². The second kappa shape index (κ2) is 7.74. The van der Waals surface area contributed by atoms with Crippen LogP contribution in [0.5, 0.6) is 0 Å². The third-order valence-electron chi connectivity index (χ3n) is 3.27. The Morgan fingerprint density at radius 2 is 2.12 bits per heavy atom. The van der Waals surface area contributed by atoms with E-state index in [2.05, 4.69) is 5.32 Å². The number of carbonyl (C=O) groups excluding carboxylic acids is 1. The minimum atomic E-state index is -0.596. The molecule has 7 nitrogen and oxygen atoms in total. The number of rotatable bonds is 6. The molecule has 0 bridgehead atoms. The first-order chi connectivity index (χ1) is 11.5. The fourth-order valence-electron chi connectivity index (χ4n) is 2.12. The van der Waals surface area contributed by atoms with E-state index in [1.807, 2.05) is 6.07 Å². The lowest BCUT2D eigenvalue weighted by molar-refractivity contribution is -0.385. The third-order valence-corrected chi connectivity index (χ3v) is 3.27. The van der Waals surface area contributed by atoms with Crippen molar-refractivity contribution in [1.29, 1.82) is 5.26 Å². The topological polar surface area (TPSA) is 105 Å². The van der Waals surface area contributed by atoms with Crippen LogP contribution in [0.2, 0.25) is 0 Å². The molecule has 1 N–H and O–H groups in total. The summed E-state index contributed by atoms with van der Waals surface area (Å²) >= 11 is 0. The Hall–Kier alpha value is -3.40. The molecule has 0 radical (unpaired) electrons. The molecule has 0 aliphatic rings. The number of ether oxygens (including phenoxy) is 1. The third kappa shape index (κ3) is 4.08. The van der Waals surface area contributed by atoms with Crippen LogP contribution in [-0.4, -0.2) is 17.5 Å². The summed E-state index contributed by atoms with van der Waals surface area (Å²) in [6.45, 7) is 2.05. The van der Waals surface area contributed by atoms with Crippen LogP contribution in [-0.2, 0) is 11.3 Å². The maximum atomic E-state index is 11.7. The maximum Gasteiger partial charge on any atom is 0.338 e. The molecule has 0 aromatic heterocycles. The number of nitrogens with zero attached hydrogens (tertiary/aromatic N) is 2. The van der Waals surface area contributed by atoms with E-state index < -0.39 is 10.9 Å². The number of nitro groups is 1. The van der Waals surface area contributed by atoms with Crippen molar-refractivity contribution in [2.45, 2.75) is 13.5 Å². The number of esters is 1. The number of nitriles is 1. The minimum Gasteiger partial charge on any atom is -0.462 e. The van der Waals surface area contributed by atoms with Crippen LogP contribution < -0.4 is 5.32 Å². The maximum absolute atomic E-state index is 11.7. The normalized spacial score (nSPS) is 9.83. The molecule has 122 valence electrons. The van der Waals surface area contributed by atoms with Gasteiger partial charge in [-0.2, -0.15) is 5.26 Å². The van der Waals surface area contributed by atoms with Crippen molar-refractivity contribution in [1.82, 2.24) is 0 Å². The Morgan fingerprint density at radius 1 is 1.33 bits per heavy atom. The summed E-state index contributed by atoms with van der Waals surface area (Å²) in [5, 5.41) is 23.2. The Morgan fingerprint density at radius 3 is 2.79 bits per heavy atom. The number of nitro benzene ring substituents is 1. The molecular formula is C17H15N3O4. The number of carbonyl (C=O) groups is 1. The lowest BCUT2D eigenvalue weighted by atomic mass is 10.1. The van der Waals surface area contributed by atoms with E-state index in [0.29, 0.717) is 16.8 Å². The summed E-state index contributed by atoms with van der Waals surface area (Å²) in [7, 11) is 0. The largest absolute Gasteiger partial charge is 0.462 e. The van der Waals surface area contributed by atoms with E-state index in [4.69, 9.17) is 10.00 Å². The van der Waals surface area contributed by atoms with Gasteiger partial charge in [0.25, 0.3) is 5.69 Å². The zero-order chi connectivity index (χ0) is 17.5. The Bertz CT molecular complexity index is 812. The van der Waals surface area contributed by atoms with Gasteiger partial charge in [-0.05, 0) is 37.3 Å². The van der Waals surface area contributed by atoms with Crippen LogP contribution in [0.3, 0.4) is 0 Å². The van der Waals surface area contributed by atoms with Gasteiger partial charge in [-0.25, -0.2) is 4.79 Å². The molecule has 7 heteroatoms. The lowest BCUT2D eigenvalue weighted by Gasteiger charge is -2.09. The molecule has 0 heterocycles. The van der Waals surface area contributed by atoms with Gasteiger partial charge in [0.1, 0.15) is 0 Å². The van der Waals surface area contributed by atoms with Gasteiger partial charge in [0.15, 0.2) is 0 Å². The highest BCUT2D eigenvalue weighted by molar-refractivity contribution is 5.90. The molecule has 0 fully saturated rings. The van der Waals surface area contributed by atoms with Crippen LogP contribution >= 0.6 is 0 Å². The molecule has 24 heavy (non-hydrogen) atoms. The smallest absolute Gasteiger partial charge is 0.338 e. The highest BCUT2D eigenvalue weighted by Gasteiger charge is 2.18. The number of nitrogens with one attached hydrogen (secondary N) is 1. The van der Waals surface area contributed by atoms with Crippen LogP contribution in [0, 0.1) is 21.4 Å². The van der Waals surface area contributed by atoms with E-state index in [0.717, 1.165) is 0 Å². The van der Waals surface area contributed by atoms with E-state index >= 15 is 0 Å². The summed E-state index contributed by atoms with van der Waals surface area (Å²) in [6, 6.07) is 13.1. The number of hydrogen-bond acceptors (Lipinski definition) is 6. The van der Waals surface area contributed by atoms with Crippen molar-refractivity contribution < 1.29 is 14.5 Å². The van der Waals surface area contributed by atoms with Crippen LogP contribution in [0.4, 0.5) is 11.4 Å². The van der Waals surface area contributed by atoms with Crippen LogP contribution in [0.1, 0.15) is 28.4 Å². The number of benzene rings is 2. The SMILES string of the molecule is CCOC(=O)c1ccc(CNc2cccc(C#N)c2)c([N+](=O)[O-])c1. The highest BCUT2D eigenvalue weighted by atomic mass is 16.6. The zero-order valence-corrected chi connectivity index (χ0v) is 13.0. The van der Waals surface area contributed by atoms with Crippen molar-refractivity contribution in [3.05, 3.63) is 69.3 Å². The first-order valence-corrected chi connectivity index (χ1v) is 7.23. The summed E-state index contributed by atoms with van der Waals surface area (Å²) in [5.74, 6) is -0.596. The average molecular weight is 325 g/mol. The molecule has 2 aromatic rings. The van der Waals surface area contributed by atoms with Gasteiger partial charge in [0.2, 0.25) is 0 Å². The quantitative estimate of drug-likeness (QED) is 0.496. The Kier molecular flexibility index (Phi) is 5.47. The Labute approximate surface area is 138 Å². The second-order valence-electron chi connectivity index (χ2n) is 4.87. The van der Waals surface area contributed by atoms with E-state index in [1.165, 1.54) is 18.2 Å². The number of anilines is 1. The molecule has 0 aliphatic heterocycles. The Balaban J connectivity index is 2.21. The molecule has 2 aromatic carbocycles. The van der Waals surface area contributed by atoms with E-state index in [-0.39, 0.29) is 24.4 Å². The fraction of sp³-hybridized carbons (Fsp3) is 0.176. The van der Waals surface area contributed by atoms with Crippen molar-refractivity contribution in [3.63, 3.8) is 0 Å². The summed E-state index contributed by atoms with van der Waals surface area (Å²) in [6.07, 6.45) is 0. The van der Waals surface area contributed by atoms with Gasteiger partial charge >= 0.3 is 5.97 Å². The van der Waals surface area contributed by atoms with E-state index in [1.54, 1.807) is 31.2 Å². The van der Waals surface area contributed by atoms with Gasteiger partial charge in [-0.1, -0.05) is 6.07 Å². The van der Waals surface area contributed by atoms with E-state index in [9.17, 15) is 14.9 Å². The molecule has 0 atom stereocenters. The van der Waals surface area contributed by atoms with Gasteiger partial charge in [-0.15, -0.1) is 0 Å². The van der Waals surface area contributed by atoms with Crippen LogP contribution in [0.25, 0.3) is 0 Å². The first kappa shape index (κ1) is 17.0. The zero-order valence-electron chi connectivity index (χ0n) is 13.0. The average Bonchev–Trinajstić information content (AvgIpc) is 2.60.